The topological polar surface area (TPSA) is 88.2 Å². The number of aromatic nitrogens is 1. The van der Waals surface area contributed by atoms with E-state index in [-0.39, 0.29) is 4.90 Å². The molecule has 0 spiro atoms. The molecule has 1 amide bonds. The van der Waals surface area contributed by atoms with E-state index in [0.717, 1.165) is 0 Å². The molecule has 2 rings (SSSR count). The van der Waals surface area contributed by atoms with Crippen LogP contribution in [0.15, 0.2) is 46.8 Å². The Morgan fingerprint density at radius 2 is 2.00 bits per heavy atom. The van der Waals surface area contributed by atoms with E-state index < -0.39 is 22.0 Å². The molecule has 6 nitrogen and oxygen atoms in total. The van der Waals surface area contributed by atoms with Crippen LogP contribution in [-0.2, 0) is 14.8 Å². The number of hydrogen-bond donors (Lipinski definition) is 2. The average molecular weight is 311 g/mol. The lowest BCUT2D eigenvalue weighted by atomic mass is 10.3. The van der Waals surface area contributed by atoms with Gasteiger partial charge in [0.1, 0.15) is 0 Å². The van der Waals surface area contributed by atoms with E-state index in [1.807, 2.05) is 0 Å². The molecule has 0 saturated heterocycles. The van der Waals surface area contributed by atoms with E-state index in [1.54, 1.807) is 29.8 Å². The Labute approximate surface area is 120 Å². The van der Waals surface area contributed by atoms with Gasteiger partial charge in [0, 0.05) is 11.6 Å². The summed E-state index contributed by atoms with van der Waals surface area (Å²) in [6.07, 6.45) is 1.55. The van der Waals surface area contributed by atoms with Crippen molar-refractivity contribution < 1.29 is 13.2 Å². The van der Waals surface area contributed by atoms with E-state index in [1.165, 1.54) is 30.4 Å². The summed E-state index contributed by atoms with van der Waals surface area (Å²) in [6.45, 7) is 1.48. The summed E-state index contributed by atoms with van der Waals surface area (Å²) >= 11 is 1.26. The number of thiazole rings is 1. The zero-order valence-electron chi connectivity index (χ0n) is 10.6. The van der Waals surface area contributed by atoms with Crippen LogP contribution in [0.4, 0.5) is 5.13 Å². The standard InChI is InChI=1S/C12H13N3O3S2/c1-9(11(16)14-12-13-7-8-19-12)15-20(17,18)10-5-3-2-4-6-10/h2-9,15H,1H3,(H,13,14,16)/t9-/m0/s1. The normalized spacial score (nSPS) is 12.8. The van der Waals surface area contributed by atoms with Crippen molar-refractivity contribution in [2.45, 2.75) is 17.9 Å². The molecular formula is C12H13N3O3S2. The number of carbonyl (C=O) groups excluding carboxylic acids is 1. The first-order valence-electron chi connectivity index (χ1n) is 5.77. The van der Waals surface area contributed by atoms with E-state index in [4.69, 9.17) is 0 Å². The van der Waals surface area contributed by atoms with Gasteiger partial charge in [0.2, 0.25) is 15.9 Å². The van der Waals surface area contributed by atoms with Crippen LogP contribution in [0, 0.1) is 0 Å². The third-order valence-electron chi connectivity index (χ3n) is 2.44. The first-order valence-corrected chi connectivity index (χ1v) is 8.13. The Bertz CT molecular complexity index is 669. The maximum atomic E-state index is 12.0. The SMILES string of the molecule is C[C@H](NS(=O)(=O)c1ccccc1)C(=O)Nc1nccs1. The first-order chi connectivity index (χ1) is 9.49. The third-order valence-corrected chi connectivity index (χ3v) is 4.69. The van der Waals surface area contributed by atoms with Crippen LogP contribution in [0.2, 0.25) is 0 Å². The molecular weight excluding hydrogens is 298 g/mol. The largest absolute Gasteiger partial charge is 0.301 e. The van der Waals surface area contributed by atoms with Crippen molar-refractivity contribution in [3.05, 3.63) is 41.9 Å². The van der Waals surface area contributed by atoms with Gasteiger partial charge in [0.25, 0.3) is 0 Å². The quantitative estimate of drug-likeness (QED) is 0.875. The first kappa shape index (κ1) is 14.6. The summed E-state index contributed by atoms with van der Waals surface area (Å²) in [5.74, 6) is -0.459. The van der Waals surface area contributed by atoms with Crippen molar-refractivity contribution in [3.63, 3.8) is 0 Å². The Morgan fingerprint density at radius 1 is 1.30 bits per heavy atom. The number of nitrogens with one attached hydrogen (secondary N) is 2. The lowest BCUT2D eigenvalue weighted by Crippen LogP contribution is -2.41. The maximum absolute atomic E-state index is 12.0. The summed E-state index contributed by atoms with van der Waals surface area (Å²) in [5, 5.41) is 4.69. The second-order valence-electron chi connectivity index (χ2n) is 3.98. The molecule has 0 aliphatic rings. The van der Waals surface area contributed by atoms with Crippen LogP contribution in [0.5, 0.6) is 0 Å². The van der Waals surface area contributed by atoms with Gasteiger partial charge in [-0.1, -0.05) is 18.2 Å². The minimum Gasteiger partial charge on any atom is -0.301 e. The van der Waals surface area contributed by atoms with Gasteiger partial charge in [0.15, 0.2) is 5.13 Å². The van der Waals surface area contributed by atoms with Gasteiger partial charge >= 0.3 is 0 Å². The molecule has 1 atom stereocenters. The lowest BCUT2D eigenvalue weighted by Gasteiger charge is -2.13. The van der Waals surface area contributed by atoms with Gasteiger partial charge in [-0.25, -0.2) is 13.4 Å². The summed E-state index contributed by atoms with van der Waals surface area (Å²) in [6, 6.07) is 6.99. The minimum atomic E-state index is -3.71. The van der Waals surface area contributed by atoms with Crippen LogP contribution < -0.4 is 10.0 Å². The van der Waals surface area contributed by atoms with Gasteiger partial charge in [-0.05, 0) is 19.1 Å². The summed E-state index contributed by atoms with van der Waals surface area (Å²) < 4.78 is 26.4. The molecule has 1 aromatic carbocycles. The Balaban J connectivity index is 2.04. The number of amides is 1. The predicted molar refractivity (Wildman–Crippen MR) is 77.0 cm³/mol. The molecule has 20 heavy (non-hydrogen) atoms. The molecule has 1 aromatic heterocycles. The molecule has 0 aliphatic heterocycles. The summed E-state index contributed by atoms with van der Waals surface area (Å²) in [5.41, 5.74) is 0. The number of benzene rings is 1. The number of carbonyl (C=O) groups is 1. The third kappa shape index (κ3) is 3.62. The lowest BCUT2D eigenvalue weighted by molar-refractivity contribution is -0.117. The Kier molecular flexibility index (Phi) is 4.48. The Morgan fingerprint density at radius 3 is 2.60 bits per heavy atom. The molecule has 1 heterocycles. The summed E-state index contributed by atoms with van der Waals surface area (Å²) in [4.78, 5) is 15.9. The molecule has 0 saturated carbocycles. The van der Waals surface area contributed by atoms with Crippen molar-refractivity contribution in [3.8, 4) is 0 Å². The number of nitrogens with zero attached hydrogens (tertiary/aromatic N) is 1. The zero-order chi connectivity index (χ0) is 14.6. The second-order valence-corrected chi connectivity index (χ2v) is 6.59. The predicted octanol–water partition coefficient (Wildman–Crippen LogP) is 1.45. The number of hydrogen-bond acceptors (Lipinski definition) is 5. The van der Waals surface area contributed by atoms with Gasteiger partial charge in [0.05, 0.1) is 10.9 Å². The van der Waals surface area contributed by atoms with Crippen LogP contribution in [-0.4, -0.2) is 25.4 Å². The van der Waals surface area contributed by atoms with Crippen molar-refractivity contribution >= 4 is 32.4 Å². The Hall–Kier alpha value is -1.77. The van der Waals surface area contributed by atoms with Crippen LogP contribution in [0.25, 0.3) is 0 Å². The van der Waals surface area contributed by atoms with E-state index in [9.17, 15) is 13.2 Å². The molecule has 2 N–H and O–H groups in total. The molecule has 0 bridgehead atoms. The van der Waals surface area contributed by atoms with Crippen molar-refractivity contribution in [2.75, 3.05) is 5.32 Å². The highest BCUT2D eigenvalue weighted by Crippen LogP contribution is 2.12. The van der Waals surface area contributed by atoms with Gasteiger partial charge in [-0.2, -0.15) is 4.72 Å². The van der Waals surface area contributed by atoms with Gasteiger partial charge < -0.3 is 5.32 Å². The molecule has 106 valence electrons. The number of anilines is 1. The van der Waals surface area contributed by atoms with Crippen molar-refractivity contribution in [1.82, 2.24) is 9.71 Å². The zero-order valence-corrected chi connectivity index (χ0v) is 12.2. The van der Waals surface area contributed by atoms with E-state index in [0.29, 0.717) is 5.13 Å². The fourth-order valence-electron chi connectivity index (χ4n) is 1.45. The van der Waals surface area contributed by atoms with Gasteiger partial charge in [-0.3, -0.25) is 4.79 Å². The minimum absolute atomic E-state index is 0.119. The fourth-order valence-corrected chi connectivity index (χ4v) is 3.21. The van der Waals surface area contributed by atoms with Crippen LogP contribution in [0.1, 0.15) is 6.92 Å². The van der Waals surface area contributed by atoms with Crippen molar-refractivity contribution in [2.24, 2.45) is 0 Å². The molecule has 0 unspecified atom stereocenters. The van der Waals surface area contributed by atoms with Crippen LogP contribution >= 0.6 is 11.3 Å². The van der Waals surface area contributed by atoms with Crippen molar-refractivity contribution in [1.29, 1.82) is 0 Å². The smallest absolute Gasteiger partial charge is 0.244 e. The number of rotatable bonds is 5. The highest BCUT2D eigenvalue weighted by Gasteiger charge is 2.22. The van der Waals surface area contributed by atoms with Crippen LogP contribution in [0.3, 0.4) is 0 Å². The maximum Gasteiger partial charge on any atom is 0.244 e. The molecule has 0 aliphatic carbocycles. The van der Waals surface area contributed by atoms with E-state index >= 15 is 0 Å². The molecule has 0 fully saturated rings. The van der Waals surface area contributed by atoms with E-state index in [2.05, 4.69) is 15.0 Å². The average Bonchev–Trinajstić information content (AvgIpc) is 2.92. The molecule has 0 radical (unpaired) electrons. The fraction of sp³-hybridized carbons (Fsp3) is 0.167. The molecule has 8 heteroatoms. The second kappa shape index (κ2) is 6.12. The molecule has 2 aromatic rings. The summed E-state index contributed by atoms with van der Waals surface area (Å²) in [7, 11) is -3.71. The van der Waals surface area contributed by atoms with Gasteiger partial charge in [-0.15, -0.1) is 11.3 Å². The number of sulfonamides is 1. The highest BCUT2D eigenvalue weighted by molar-refractivity contribution is 7.89. The highest BCUT2D eigenvalue weighted by atomic mass is 32.2. The monoisotopic (exact) mass is 311 g/mol.